The lowest BCUT2D eigenvalue weighted by molar-refractivity contribution is -0.00216. The van der Waals surface area contributed by atoms with Gasteiger partial charge in [0.1, 0.15) is 5.82 Å². The number of rotatable bonds is 9. The Kier molecular flexibility index (Phi) is 8.20. The molecule has 0 N–H and O–H groups in total. The number of benzene rings is 2. The maximum absolute atomic E-state index is 14.8. The topological polar surface area (TPSA) is 18.5 Å². The van der Waals surface area contributed by atoms with Crippen LogP contribution in [0, 0.1) is 17.5 Å². The highest BCUT2D eigenvalue weighted by molar-refractivity contribution is 5.66. The van der Waals surface area contributed by atoms with E-state index in [2.05, 4.69) is 6.92 Å². The van der Waals surface area contributed by atoms with Gasteiger partial charge in [-0.2, -0.15) is 4.39 Å². The van der Waals surface area contributed by atoms with Gasteiger partial charge in [0.15, 0.2) is 11.6 Å². The van der Waals surface area contributed by atoms with Crippen molar-refractivity contribution in [2.45, 2.75) is 70.8 Å². The Morgan fingerprint density at radius 3 is 2.40 bits per heavy atom. The standard InChI is InChI=1S/C25H31F3O2/c1-3-5-6-7-8-19-11-9-18(16-30-19)17-10-12-20(22(26)15-17)21-13-14-23(29-4-2)25(28)24(21)27/h10,12-15,18-19H,3-9,11,16H2,1-2H3. The van der Waals surface area contributed by atoms with Crippen LogP contribution in [0.15, 0.2) is 30.3 Å². The van der Waals surface area contributed by atoms with Gasteiger partial charge in [0, 0.05) is 17.0 Å². The summed E-state index contributed by atoms with van der Waals surface area (Å²) in [6, 6.07) is 7.44. The van der Waals surface area contributed by atoms with Crippen LogP contribution in [-0.4, -0.2) is 19.3 Å². The highest BCUT2D eigenvalue weighted by Gasteiger charge is 2.24. The molecular formula is C25H31F3O2. The first kappa shape index (κ1) is 22.7. The molecule has 30 heavy (non-hydrogen) atoms. The van der Waals surface area contributed by atoms with Crippen LogP contribution in [0.2, 0.25) is 0 Å². The molecule has 2 aromatic carbocycles. The SMILES string of the molecule is CCCCCCC1CCC(c2ccc(-c3ccc(OCC)c(F)c3F)c(F)c2)CO1. The fourth-order valence-electron chi connectivity index (χ4n) is 4.11. The van der Waals surface area contributed by atoms with Crippen molar-refractivity contribution >= 4 is 0 Å². The van der Waals surface area contributed by atoms with E-state index in [4.69, 9.17) is 9.47 Å². The maximum Gasteiger partial charge on any atom is 0.201 e. The minimum absolute atomic E-state index is 0.0451. The molecule has 2 unspecified atom stereocenters. The highest BCUT2D eigenvalue weighted by Crippen LogP contribution is 2.35. The molecule has 0 aromatic heterocycles. The molecule has 164 valence electrons. The molecule has 1 heterocycles. The van der Waals surface area contributed by atoms with Crippen LogP contribution in [0.25, 0.3) is 11.1 Å². The zero-order valence-corrected chi connectivity index (χ0v) is 17.9. The maximum atomic E-state index is 14.8. The Bertz CT molecular complexity index is 829. The Hall–Kier alpha value is -2.01. The molecule has 0 spiro atoms. The first-order chi connectivity index (χ1) is 14.5. The average Bonchev–Trinajstić information content (AvgIpc) is 2.76. The van der Waals surface area contributed by atoms with Crippen LogP contribution >= 0.6 is 0 Å². The summed E-state index contributed by atoms with van der Waals surface area (Å²) in [6.07, 6.45) is 8.22. The fraction of sp³-hybridized carbons (Fsp3) is 0.520. The van der Waals surface area contributed by atoms with Crippen molar-refractivity contribution in [1.29, 1.82) is 0 Å². The monoisotopic (exact) mass is 420 g/mol. The Morgan fingerprint density at radius 1 is 0.933 bits per heavy atom. The summed E-state index contributed by atoms with van der Waals surface area (Å²) in [6.45, 7) is 4.69. The Labute approximate surface area is 177 Å². The molecule has 0 saturated carbocycles. The van der Waals surface area contributed by atoms with E-state index in [1.807, 2.05) is 0 Å². The second-order valence-electron chi connectivity index (χ2n) is 7.99. The van der Waals surface area contributed by atoms with E-state index in [1.165, 1.54) is 49.9 Å². The summed E-state index contributed by atoms with van der Waals surface area (Å²) in [4.78, 5) is 0. The summed E-state index contributed by atoms with van der Waals surface area (Å²) in [5.41, 5.74) is 0.781. The largest absolute Gasteiger partial charge is 0.491 e. The van der Waals surface area contributed by atoms with Crippen molar-refractivity contribution in [3.8, 4) is 16.9 Å². The lowest BCUT2D eigenvalue weighted by Gasteiger charge is -2.29. The van der Waals surface area contributed by atoms with Gasteiger partial charge in [0.25, 0.3) is 0 Å². The van der Waals surface area contributed by atoms with Crippen LogP contribution in [-0.2, 0) is 4.74 Å². The Morgan fingerprint density at radius 2 is 1.73 bits per heavy atom. The van der Waals surface area contributed by atoms with Gasteiger partial charge in [0.2, 0.25) is 5.82 Å². The lowest BCUT2D eigenvalue weighted by atomic mass is 9.89. The third-order valence-corrected chi connectivity index (χ3v) is 5.85. The van der Waals surface area contributed by atoms with Crippen molar-refractivity contribution in [2.75, 3.05) is 13.2 Å². The van der Waals surface area contributed by atoms with Crippen LogP contribution in [0.4, 0.5) is 13.2 Å². The zero-order valence-electron chi connectivity index (χ0n) is 17.9. The molecule has 2 aromatic rings. The fourth-order valence-corrected chi connectivity index (χ4v) is 4.11. The van der Waals surface area contributed by atoms with Gasteiger partial charge in [-0.3, -0.25) is 0 Å². The lowest BCUT2D eigenvalue weighted by Crippen LogP contribution is -2.24. The van der Waals surface area contributed by atoms with Crippen LogP contribution < -0.4 is 4.74 Å². The average molecular weight is 421 g/mol. The second kappa shape index (κ2) is 10.9. The number of hydrogen-bond acceptors (Lipinski definition) is 2. The summed E-state index contributed by atoms with van der Waals surface area (Å²) in [5, 5.41) is 0. The molecule has 3 rings (SSSR count). The first-order valence-electron chi connectivity index (χ1n) is 11.1. The van der Waals surface area contributed by atoms with E-state index >= 15 is 0 Å². The van der Waals surface area contributed by atoms with E-state index in [1.54, 1.807) is 13.0 Å². The zero-order chi connectivity index (χ0) is 21.5. The smallest absolute Gasteiger partial charge is 0.201 e. The van der Waals surface area contributed by atoms with Crippen molar-refractivity contribution in [1.82, 2.24) is 0 Å². The number of halogens is 3. The first-order valence-corrected chi connectivity index (χ1v) is 11.1. The quantitative estimate of drug-likeness (QED) is 0.393. The Balaban J connectivity index is 1.66. The van der Waals surface area contributed by atoms with Crippen molar-refractivity contribution in [3.05, 3.63) is 53.3 Å². The van der Waals surface area contributed by atoms with E-state index in [9.17, 15) is 13.2 Å². The van der Waals surface area contributed by atoms with Crippen molar-refractivity contribution in [3.63, 3.8) is 0 Å². The van der Waals surface area contributed by atoms with E-state index in [0.717, 1.165) is 24.8 Å². The molecule has 2 atom stereocenters. The van der Waals surface area contributed by atoms with Crippen LogP contribution in [0.1, 0.15) is 70.3 Å². The molecule has 1 fully saturated rings. The van der Waals surface area contributed by atoms with Crippen LogP contribution in [0.3, 0.4) is 0 Å². The van der Waals surface area contributed by atoms with Gasteiger partial charge in [0.05, 0.1) is 19.3 Å². The molecule has 5 heteroatoms. The van der Waals surface area contributed by atoms with Gasteiger partial charge in [-0.15, -0.1) is 0 Å². The minimum atomic E-state index is -1.10. The summed E-state index contributed by atoms with van der Waals surface area (Å²) >= 11 is 0. The summed E-state index contributed by atoms with van der Waals surface area (Å²) in [5.74, 6) is -2.79. The molecule has 0 radical (unpaired) electrons. The molecular weight excluding hydrogens is 389 g/mol. The number of ether oxygens (including phenoxy) is 2. The van der Waals surface area contributed by atoms with Gasteiger partial charge >= 0.3 is 0 Å². The molecule has 0 bridgehead atoms. The predicted octanol–water partition coefficient (Wildman–Crippen LogP) is 7.40. The molecule has 0 amide bonds. The molecule has 0 aliphatic carbocycles. The third-order valence-electron chi connectivity index (χ3n) is 5.85. The highest BCUT2D eigenvalue weighted by atomic mass is 19.2. The van der Waals surface area contributed by atoms with E-state index < -0.39 is 17.5 Å². The number of hydrogen-bond donors (Lipinski definition) is 0. The molecule has 1 aliphatic rings. The summed E-state index contributed by atoms with van der Waals surface area (Å²) in [7, 11) is 0. The van der Waals surface area contributed by atoms with Crippen molar-refractivity contribution < 1.29 is 22.6 Å². The predicted molar refractivity (Wildman–Crippen MR) is 113 cm³/mol. The third kappa shape index (κ3) is 5.37. The molecule has 1 saturated heterocycles. The van der Waals surface area contributed by atoms with Gasteiger partial charge in [-0.25, -0.2) is 8.78 Å². The molecule has 1 aliphatic heterocycles. The van der Waals surface area contributed by atoms with Crippen molar-refractivity contribution in [2.24, 2.45) is 0 Å². The normalized spacial score (nSPS) is 19.1. The van der Waals surface area contributed by atoms with Crippen LogP contribution in [0.5, 0.6) is 5.75 Å². The molecule has 2 nitrogen and oxygen atoms in total. The van der Waals surface area contributed by atoms with Gasteiger partial charge < -0.3 is 9.47 Å². The van der Waals surface area contributed by atoms with Gasteiger partial charge in [-0.05, 0) is 49.9 Å². The minimum Gasteiger partial charge on any atom is -0.491 e. The van der Waals surface area contributed by atoms with E-state index in [0.29, 0.717) is 12.7 Å². The second-order valence-corrected chi connectivity index (χ2v) is 7.99. The summed E-state index contributed by atoms with van der Waals surface area (Å²) < 4.78 is 54.5. The van der Waals surface area contributed by atoms with Gasteiger partial charge in [-0.1, -0.05) is 44.7 Å². The number of unbranched alkanes of at least 4 members (excludes halogenated alkanes) is 3. The van der Waals surface area contributed by atoms with E-state index in [-0.39, 0.29) is 29.4 Å².